The zero-order valence-electron chi connectivity index (χ0n) is 30.1. The highest BCUT2D eigenvalue weighted by atomic mass is 16.5. The van der Waals surface area contributed by atoms with Crippen molar-refractivity contribution >= 4 is 35.3 Å². The molecule has 0 fully saturated rings. The third-order valence-electron chi connectivity index (χ3n) is 7.25. The Morgan fingerprint density at radius 1 is 0.685 bits per heavy atom. The molecule has 5 N–H and O–H groups in total. The van der Waals surface area contributed by atoms with Crippen molar-refractivity contribution in [1.82, 2.24) is 35.1 Å². The van der Waals surface area contributed by atoms with E-state index in [1.807, 2.05) is 29.0 Å². The first-order valence-electron chi connectivity index (χ1n) is 17.6. The number of rotatable bonds is 28. The Labute approximate surface area is 313 Å². The molecule has 0 aliphatic carbocycles. The average Bonchev–Trinajstić information content (AvgIpc) is 3.72. The van der Waals surface area contributed by atoms with Gasteiger partial charge in [-0.2, -0.15) is 15.0 Å². The van der Waals surface area contributed by atoms with Crippen molar-refractivity contribution in [1.29, 1.82) is 0 Å². The smallest absolute Gasteiger partial charge is 0.251 e. The van der Waals surface area contributed by atoms with Gasteiger partial charge in [0.25, 0.3) is 11.8 Å². The molecule has 0 saturated carbocycles. The van der Waals surface area contributed by atoms with Crippen LogP contribution in [0.4, 0.5) is 23.5 Å². The Morgan fingerprint density at radius 3 is 1.87 bits per heavy atom. The highest BCUT2D eigenvalue weighted by molar-refractivity contribution is 5.94. The molecule has 19 heteroatoms. The molecule has 0 saturated heterocycles. The maximum Gasteiger partial charge on any atom is 0.251 e. The molecular weight excluding hydrogens is 698 g/mol. The lowest BCUT2D eigenvalue weighted by Crippen LogP contribution is -2.27. The van der Waals surface area contributed by atoms with Crippen LogP contribution in [0.15, 0.2) is 78.4 Å². The molecule has 0 unspecified atom stereocenters. The second kappa shape index (κ2) is 25.2. The molecule has 4 rings (SSSR count). The number of anilines is 4. The van der Waals surface area contributed by atoms with E-state index in [9.17, 15) is 9.59 Å². The second-order valence-electron chi connectivity index (χ2n) is 11.3. The number of nitrogens with zero attached hydrogens (tertiary/aromatic N) is 8. The topological polar surface area (TPSA) is 236 Å². The number of carbonyl (C=O) groups excluding carboxylic acids is 2. The maximum atomic E-state index is 12.6. The Balaban J connectivity index is 1.17. The SMILES string of the molecule is [N-]=[N+]=NCCOCCOCCNC(=O)c1ccc(Nc2nc(NCCCn3ccnc3)nc(NCCOCCOCCNC(=O)c3ccccc3)n2)cc1. The van der Waals surface area contributed by atoms with Gasteiger partial charge in [0.2, 0.25) is 17.8 Å². The van der Waals surface area contributed by atoms with E-state index in [0.717, 1.165) is 13.0 Å². The summed E-state index contributed by atoms with van der Waals surface area (Å²) in [5.41, 5.74) is 10.0. The van der Waals surface area contributed by atoms with Gasteiger partial charge in [-0.25, -0.2) is 4.98 Å². The second-order valence-corrected chi connectivity index (χ2v) is 11.3. The number of aromatic nitrogens is 5. The van der Waals surface area contributed by atoms with Crippen LogP contribution in [0.1, 0.15) is 27.1 Å². The molecule has 0 radical (unpaired) electrons. The minimum Gasteiger partial charge on any atom is -0.379 e. The van der Waals surface area contributed by atoms with Crippen molar-refractivity contribution in [2.24, 2.45) is 5.11 Å². The van der Waals surface area contributed by atoms with E-state index in [1.54, 1.807) is 48.9 Å². The van der Waals surface area contributed by atoms with Crippen molar-refractivity contribution in [3.63, 3.8) is 0 Å². The van der Waals surface area contributed by atoms with Crippen LogP contribution in [-0.2, 0) is 25.5 Å². The number of aryl methyl sites for hydroxylation is 1. The number of nitrogens with one attached hydrogen (secondary N) is 5. The van der Waals surface area contributed by atoms with Gasteiger partial charge in [0, 0.05) is 73.4 Å². The number of imidazole rings is 1. The normalized spacial score (nSPS) is 10.7. The lowest BCUT2D eigenvalue weighted by Gasteiger charge is -2.12. The lowest BCUT2D eigenvalue weighted by molar-refractivity contribution is 0.0511. The van der Waals surface area contributed by atoms with Crippen LogP contribution >= 0.6 is 0 Å². The molecule has 19 nitrogen and oxygen atoms in total. The highest BCUT2D eigenvalue weighted by Crippen LogP contribution is 2.17. The van der Waals surface area contributed by atoms with Crippen LogP contribution in [0.25, 0.3) is 10.4 Å². The summed E-state index contributed by atoms with van der Waals surface area (Å²) in [7, 11) is 0. The summed E-state index contributed by atoms with van der Waals surface area (Å²) in [6.45, 7) is 5.84. The summed E-state index contributed by atoms with van der Waals surface area (Å²) in [4.78, 5) is 45.0. The number of hydrogen-bond donors (Lipinski definition) is 5. The van der Waals surface area contributed by atoms with E-state index in [1.165, 1.54) is 0 Å². The third kappa shape index (κ3) is 16.7. The molecule has 2 aromatic carbocycles. The first-order chi connectivity index (χ1) is 26.6. The van der Waals surface area contributed by atoms with E-state index < -0.39 is 0 Å². The number of hydrogen-bond acceptors (Lipinski definition) is 14. The molecule has 288 valence electrons. The summed E-state index contributed by atoms with van der Waals surface area (Å²) >= 11 is 0. The van der Waals surface area contributed by atoms with Gasteiger partial charge in [-0.1, -0.05) is 23.3 Å². The number of amides is 2. The van der Waals surface area contributed by atoms with E-state index in [4.69, 9.17) is 24.5 Å². The summed E-state index contributed by atoms with van der Waals surface area (Å²) in [6.07, 6.45) is 6.25. The summed E-state index contributed by atoms with van der Waals surface area (Å²) in [5.74, 6) is 0.701. The first-order valence-corrected chi connectivity index (χ1v) is 17.6. The lowest BCUT2D eigenvalue weighted by atomic mass is 10.2. The van der Waals surface area contributed by atoms with Gasteiger partial charge in [-0.15, -0.1) is 0 Å². The van der Waals surface area contributed by atoms with Gasteiger partial charge >= 0.3 is 0 Å². The standard InChI is InChI=1S/C35H47N13O6/c36-47-42-16-22-54-26-25-52-20-14-39-32(50)29-7-9-30(10-8-29)43-35-45-33(40-11-4-17-48-18-12-37-27-48)44-34(46-35)41-15-21-53-24-23-51-19-13-38-31(49)28-5-2-1-3-6-28/h1-3,5-10,12,18,27H,4,11,13-17,19-26H2,(H,38,49)(H,39,50)(H3,40,41,43,44,45,46). The van der Waals surface area contributed by atoms with Crippen molar-refractivity contribution in [3.8, 4) is 0 Å². The zero-order valence-corrected chi connectivity index (χ0v) is 30.1. The number of ether oxygens (including phenoxy) is 4. The van der Waals surface area contributed by atoms with Crippen molar-refractivity contribution in [2.45, 2.75) is 13.0 Å². The fraction of sp³-hybridized carbons (Fsp3) is 0.429. The molecule has 0 aliphatic rings. The van der Waals surface area contributed by atoms with Gasteiger partial charge in [-0.3, -0.25) is 9.59 Å². The van der Waals surface area contributed by atoms with E-state index in [2.05, 4.69) is 56.5 Å². The molecule has 0 aliphatic heterocycles. The van der Waals surface area contributed by atoms with E-state index in [0.29, 0.717) is 114 Å². The number of carbonyl (C=O) groups is 2. The molecule has 0 spiro atoms. The van der Waals surface area contributed by atoms with E-state index >= 15 is 0 Å². The van der Waals surface area contributed by atoms with Crippen LogP contribution in [0.2, 0.25) is 0 Å². The fourth-order valence-corrected chi connectivity index (χ4v) is 4.60. The minimum absolute atomic E-state index is 0.136. The Morgan fingerprint density at radius 2 is 1.26 bits per heavy atom. The molecule has 2 aromatic heterocycles. The average molecular weight is 746 g/mol. The minimum atomic E-state index is -0.231. The quantitative estimate of drug-likeness (QED) is 0.0243. The van der Waals surface area contributed by atoms with Crippen molar-refractivity contribution in [2.75, 3.05) is 102 Å². The predicted molar refractivity (Wildman–Crippen MR) is 202 cm³/mol. The summed E-state index contributed by atoms with van der Waals surface area (Å²) in [5, 5.41) is 18.7. The monoisotopic (exact) mass is 745 g/mol. The van der Waals surface area contributed by atoms with Gasteiger partial charge in [0.1, 0.15) is 0 Å². The number of benzene rings is 2. The number of azide groups is 1. The van der Waals surface area contributed by atoms with Gasteiger partial charge in [0.05, 0.1) is 59.2 Å². The van der Waals surface area contributed by atoms with Gasteiger partial charge < -0.3 is 50.1 Å². The molecule has 0 atom stereocenters. The molecule has 4 aromatic rings. The maximum absolute atomic E-state index is 12.6. The van der Waals surface area contributed by atoms with Crippen LogP contribution < -0.4 is 26.6 Å². The predicted octanol–water partition coefficient (Wildman–Crippen LogP) is 3.26. The Hall–Kier alpha value is -5.85. The zero-order chi connectivity index (χ0) is 37.9. The summed E-state index contributed by atoms with van der Waals surface area (Å²) in [6, 6.07) is 16.0. The highest BCUT2D eigenvalue weighted by Gasteiger charge is 2.10. The van der Waals surface area contributed by atoms with Crippen LogP contribution in [-0.4, -0.2) is 122 Å². The van der Waals surface area contributed by atoms with Crippen molar-refractivity contribution in [3.05, 3.63) is 94.9 Å². The largest absolute Gasteiger partial charge is 0.379 e. The summed E-state index contributed by atoms with van der Waals surface area (Å²) < 4.78 is 23.9. The fourth-order valence-electron chi connectivity index (χ4n) is 4.60. The van der Waals surface area contributed by atoms with Crippen LogP contribution in [0.5, 0.6) is 0 Å². The first kappa shape index (κ1) is 40.9. The van der Waals surface area contributed by atoms with Crippen LogP contribution in [0, 0.1) is 0 Å². The van der Waals surface area contributed by atoms with Crippen LogP contribution in [0.3, 0.4) is 0 Å². The van der Waals surface area contributed by atoms with E-state index in [-0.39, 0.29) is 18.4 Å². The van der Waals surface area contributed by atoms with Gasteiger partial charge in [-0.05, 0) is 48.4 Å². The molecule has 2 heterocycles. The van der Waals surface area contributed by atoms with Crippen molar-refractivity contribution < 1.29 is 28.5 Å². The Bertz CT molecular complexity index is 1690. The molecule has 2 amide bonds. The molecular formula is C35H47N13O6. The molecule has 54 heavy (non-hydrogen) atoms. The van der Waals surface area contributed by atoms with Gasteiger partial charge in [0.15, 0.2) is 0 Å². The third-order valence-corrected chi connectivity index (χ3v) is 7.25. The molecule has 0 bridgehead atoms. The Kier molecular flexibility index (Phi) is 19.1.